The van der Waals surface area contributed by atoms with Crippen molar-refractivity contribution in [3.05, 3.63) is 119 Å². The van der Waals surface area contributed by atoms with E-state index < -0.39 is 0 Å². The molecule has 33 heavy (non-hydrogen) atoms. The number of aryl methyl sites for hydroxylation is 1. The van der Waals surface area contributed by atoms with Crippen molar-refractivity contribution in [2.45, 2.75) is 46.0 Å². The Morgan fingerprint density at radius 1 is 0.727 bits per heavy atom. The first-order valence-electron chi connectivity index (χ1n) is 12.3. The molecule has 0 heteroatoms. The lowest BCUT2D eigenvalue weighted by Crippen LogP contribution is -2.22. The summed E-state index contributed by atoms with van der Waals surface area (Å²) in [5, 5.41) is 2.88. The van der Waals surface area contributed by atoms with Gasteiger partial charge in [-0.2, -0.15) is 0 Å². The lowest BCUT2D eigenvalue weighted by atomic mass is 9.70. The number of benzene rings is 4. The smallest absolute Gasteiger partial charge is 0.0154 e. The maximum absolute atomic E-state index is 2.44. The molecule has 4 aromatic carbocycles. The fourth-order valence-corrected chi connectivity index (χ4v) is 5.67. The molecule has 0 heterocycles. The van der Waals surface area contributed by atoms with Crippen molar-refractivity contribution in [1.29, 1.82) is 0 Å². The molecule has 0 amide bonds. The maximum atomic E-state index is 2.44. The predicted molar refractivity (Wildman–Crippen MR) is 144 cm³/mol. The van der Waals surface area contributed by atoms with Crippen LogP contribution in [0.2, 0.25) is 0 Å². The third kappa shape index (κ3) is 3.37. The van der Waals surface area contributed by atoms with Gasteiger partial charge in [-0.3, -0.25) is 0 Å². The van der Waals surface area contributed by atoms with Crippen LogP contribution in [0.25, 0.3) is 33.0 Å². The number of hydrogen-bond acceptors (Lipinski definition) is 0. The van der Waals surface area contributed by atoms with E-state index in [1.807, 2.05) is 13.8 Å². The van der Waals surface area contributed by atoms with Crippen molar-refractivity contribution in [1.82, 2.24) is 0 Å². The zero-order chi connectivity index (χ0) is 23.0. The molecule has 2 aliphatic carbocycles. The summed E-state index contributed by atoms with van der Waals surface area (Å²) in [5.74, 6) is 0. The molecule has 0 spiro atoms. The van der Waals surface area contributed by atoms with Gasteiger partial charge in [-0.15, -0.1) is 0 Å². The standard InChI is InChI=1S/C31H26.C2H6/c1-3-21-16-17-27-25-18-19-31(2,20-28(25)26-14-9-13-24(21)30(26)27)29-15-8-7-12-23(29)22-10-5-4-6-11-22;1-2/h4-19H,3,20H2,1-2H3;1-2H3. The van der Waals surface area contributed by atoms with Gasteiger partial charge < -0.3 is 0 Å². The quantitative estimate of drug-likeness (QED) is 0.305. The van der Waals surface area contributed by atoms with E-state index in [0.29, 0.717) is 0 Å². The van der Waals surface area contributed by atoms with Gasteiger partial charge in [0.15, 0.2) is 0 Å². The van der Waals surface area contributed by atoms with Gasteiger partial charge in [0.25, 0.3) is 0 Å². The molecule has 6 rings (SSSR count). The molecular weight excluding hydrogens is 396 g/mol. The summed E-state index contributed by atoms with van der Waals surface area (Å²) in [7, 11) is 0. The third-order valence-corrected chi connectivity index (χ3v) is 7.24. The van der Waals surface area contributed by atoms with Crippen molar-refractivity contribution in [3.63, 3.8) is 0 Å². The summed E-state index contributed by atoms with van der Waals surface area (Å²) in [4.78, 5) is 0. The second kappa shape index (κ2) is 8.52. The minimum absolute atomic E-state index is 0.0386. The van der Waals surface area contributed by atoms with Crippen LogP contribution in [0.4, 0.5) is 0 Å². The molecule has 4 aromatic rings. The molecule has 1 unspecified atom stereocenters. The van der Waals surface area contributed by atoms with Gasteiger partial charge in [0.1, 0.15) is 0 Å². The molecule has 2 aliphatic rings. The van der Waals surface area contributed by atoms with E-state index in [0.717, 1.165) is 12.8 Å². The Labute approximate surface area is 198 Å². The number of rotatable bonds is 3. The summed E-state index contributed by atoms with van der Waals surface area (Å²) >= 11 is 0. The van der Waals surface area contributed by atoms with Crippen molar-refractivity contribution >= 4 is 21.9 Å². The molecule has 164 valence electrons. The van der Waals surface area contributed by atoms with Crippen molar-refractivity contribution in [2.75, 3.05) is 0 Å². The van der Waals surface area contributed by atoms with Gasteiger partial charge in [-0.1, -0.05) is 125 Å². The van der Waals surface area contributed by atoms with Crippen LogP contribution in [0.5, 0.6) is 0 Å². The lowest BCUT2D eigenvalue weighted by Gasteiger charge is -2.33. The third-order valence-electron chi connectivity index (χ3n) is 7.24. The molecule has 0 aliphatic heterocycles. The Balaban J connectivity index is 0.00000111. The Bertz CT molecular complexity index is 1380. The van der Waals surface area contributed by atoms with Crippen LogP contribution >= 0.6 is 0 Å². The Morgan fingerprint density at radius 3 is 2.24 bits per heavy atom. The lowest BCUT2D eigenvalue weighted by molar-refractivity contribution is 0.613. The first-order valence-corrected chi connectivity index (χ1v) is 12.3. The minimum atomic E-state index is -0.0386. The van der Waals surface area contributed by atoms with Crippen molar-refractivity contribution in [3.8, 4) is 11.1 Å². The normalized spacial score (nSPS) is 18.2. The fourth-order valence-electron chi connectivity index (χ4n) is 5.67. The predicted octanol–water partition coefficient (Wildman–Crippen LogP) is 9.24. The fraction of sp³-hybridized carbons (Fsp3) is 0.212. The summed E-state index contributed by atoms with van der Waals surface area (Å²) < 4.78 is 0. The van der Waals surface area contributed by atoms with E-state index in [4.69, 9.17) is 0 Å². The molecule has 0 radical (unpaired) electrons. The van der Waals surface area contributed by atoms with Gasteiger partial charge >= 0.3 is 0 Å². The SMILES string of the molecule is CC.CCc1ccc2c3c(cccc13)C1=C2C=CC(C)(c2ccccc2-c2ccccc2)C1. The average Bonchev–Trinajstić information content (AvgIpc) is 3.20. The molecule has 0 N–H and O–H groups in total. The number of fused-ring (bicyclic) bond motifs is 2. The van der Waals surface area contributed by atoms with Crippen LogP contribution < -0.4 is 0 Å². The van der Waals surface area contributed by atoms with Gasteiger partial charge in [0, 0.05) is 5.41 Å². The minimum Gasteiger partial charge on any atom is -0.0732 e. The monoisotopic (exact) mass is 428 g/mol. The van der Waals surface area contributed by atoms with Crippen LogP contribution in [-0.2, 0) is 11.8 Å². The van der Waals surface area contributed by atoms with Gasteiger partial charge in [0.2, 0.25) is 0 Å². The van der Waals surface area contributed by atoms with Crippen LogP contribution in [0.3, 0.4) is 0 Å². The van der Waals surface area contributed by atoms with Crippen LogP contribution in [-0.4, -0.2) is 0 Å². The first-order chi connectivity index (χ1) is 16.2. The molecule has 0 aromatic heterocycles. The van der Waals surface area contributed by atoms with E-state index >= 15 is 0 Å². The summed E-state index contributed by atoms with van der Waals surface area (Å²) in [6.07, 6.45) is 6.93. The molecule has 0 nitrogen and oxygen atoms in total. The first kappa shape index (κ1) is 21.5. The summed E-state index contributed by atoms with van der Waals surface area (Å²) in [6, 6.07) is 31.3. The van der Waals surface area contributed by atoms with Crippen LogP contribution in [0, 0.1) is 0 Å². The zero-order valence-electron chi connectivity index (χ0n) is 20.2. The molecule has 0 saturated carbocycles. The average molecular weight is 429 g/mol. The second-order valence-electron chi connectivity index (χ2n) is 9.09. The van der Waals surface area contributed by atoms with Gasteiger partial charge in [0.05, 0.1) is 0 Å². The van der Waals surface area contributed by atoms with E-state index in [-0.39, 0.29) is 5.41 Å². The maximum Gasteiger partial charge on any atom is 0.0154 e. The Morgan fingerprint density at radius 2 is 1.45 bits per heavy atom. The van der Waals surface area contributed by atoms with E-state index in [2.05, 4.69) is 111 Å². The van der Waals surface area contributed by atoms with Crippen molar-refractivity contribution in [2.24, 2.45) is 0 Å². The van der Waals surface area contributed by atoms with Gasteiger partial charge in [-0.05, 0) is 68.1 Å². The zero-order valence-corrected chi connectivity index (χ0v) is 20.2. The van der Waals surface area contributed by atoms with Gasteiger partial charge in [-0.25, -0.2) is 0 Å². The number of hydrogen-bond donors (Lipinski definition) is 0. The van der Waals surface area contributed by atoms with E-state index in [1.54, 1.807) is 0 Å². The topological polar surface area (TPSA) is 0 Å². The Hall–Kier alpha value is -3.38. The number of allylic oxidation sites excluding steroid dienone is 4. The highest BCUT2D eigenvalue weighted by molar-refractivity contribution is 6.17. The summed E-state index contributed by atoms with van der Waals surface area (Å²) in [5.41, 5.74) is 11.2. The molecule has 1 atom stereocenters. The van der Waals surface area contributed by atoms with E-state index in [9.17, 15) is 0 Å². The van der Waals surface area contributed by atoms with Crippen LogP contribution in [0.1, 0.15) is 56.4 Å². The molecule has 0 fully saturated rings. The highest BCUT2D eigenvalue weighted by Crippen LogP contribution is 2.52. The molecule has 0 saturated heterocycles. The second-order valence-corrected chi connectivity index (χ2v) is 9.09. The highest BCUT2D eigenvalue weighted by Gasteiger charge is 2.35. The largest absolute Gasteiger partial charge is 0.0732 e. The van der Waals surface area contributed by atoms with E-state index in [1.165, 1.54) is 55.3 Å². The van der Waals surface area contributed by atoms with Crippen LogP contribution in [0.15, 0.2) is 97.1 Å². The molecule has 0 bridgehead atoms. The van der Waals surface area contributed by atoms with Crippen molar-refractivity contribution < 1.29 is 0 Å². The Kier molecular flexibility index (Phi) is 5.54. The molecular formula is C33H32. The summed E-state index contributed by atoms with van der Waals surface area (Å²) in [6.45, 7) is 8.65. The highest BCUT2D eigenvalue weighted by atomic mass is 14.4.